The number of aromatic nitrogens is 1. The van der Waals surface area contributed by atoms with Crippen molar-refractivity contribution < 1.29 is 17.6 Å². The second kappa shape index (κ2) is 8.60. The summed E-state index contributed by atoms with van der Waals surface area (Å²) in [6, 6.07) is 11.8. The van der Waals surface area contributed by atoms with E-state index >= 15 is 0 Å². The van der Waals surface area contributed by atoms with E-state index in [9.17, 15) is 13.2 Å². The topological polar surface area (TPSA) is 92.5 Å². The molecular weight excluding hydrogens is 490 g/mol. The number of sulfonamides is 1. The molecule has 7 nitrogen and oxygen atoms in total. The van der Waals surface area contributed by atoms with Gasteiger partial charge in [0.05, 0.1) is 4.34 Å². The lowest BCUT2D eigenvalue weighted by molar-refractivity contribution is -0.120. The van der Waals surface area contributed by atoms with E-state index in [1.165, 1.54) is 21.7 Å². The Morgan fingerprint density at radius 2 is 2.06 bits per heavy atom. The van der Waals surface area contributed by atoms with Gasteiger partial charge >= 0.3 is 0 Å². The van der Waals surface area contributed by atoms with Crippen LogP contribution in [0.15, 0.2) is 56.5 Å². The van der Waals surface area contributed by atoms with Crippen molar-refractivity contribution in [2.24, 2.45) is 0 Å². The Labute approximate surface area is 197 Å². The first-order valence-electron chi connectivity index (χ1n) is 9.94. The third kappa shape index (κ3) is 4.08. The van der Waals surface area contributed by atoms with Crippen LogP contribution >= 0.6 is 34.3 Å². The molecule has 1 aliphatic rings. The first-order chi connectivity index (χ1) is 15.4. The molecule has 1 saturated heterocycles. The summed E-state index contributed by atoms with van der Waals surface area (Å²) in [6.45, 7) is 0.290. The fourth-order valence-electron chi connectivity index (χ4n) is 3.75. The molecule has 5 rings (SSSR count). The largest absolute Gasteiger partial charge is 0.454 e. The molecule has 0 saturated carbocycles. The van der Waals surface area contributed by atoms with Crippen molar-refractivity contribution in [3.8, 4) is 11.5 Å². The highest BCUT2D eigenvalue weighted by Crippen LogP contribution is 2.33. The average Bonchev–Trinajstić information content (AvgIpc) is 3.53. The minimum atomic E-state index is -3.81. The fraction of sp³-hybridized carbons (Fsp3) is 0.238. The van der Waals surface area contributed by atoms with Crippen LogP contribution in [0, 0.1) is 0 Å². The summed E-state index contributed by atoms with van der Waals surface area (Å²) in [6.07, 6.45) is 1.93. The number of benzene rings is 1. The van der Waals surface area contributed by atoms with Crippen molar-refractivity contribution in [3.05, 3.63) is 52.2 Å². The number of hydrogen-bond acceptors (Lipinski definition) is 7. The summed E-state index contributed by atoms with van der Waals surface area (Å²) in [7, 11) is -3.81. The highest BCUT2D eigenvalue weighted by Gasteiger charge is 2.38. The molecule has 0 aliphatic carbocycles. The molecule has 4 aromatic rings. The first kappa shape index (κ1) is 21.6. The Bertz CT molecular complexity index is 1360. The average molecular weight is 508 g/mol. The Kier molecular flexibility index (Phi) is 5.81. The van der Waals surface area contributed by atoms with Crippen LogP contribution in [0.3, 0.4) is 0 Å². The number of piperidine rings is 1. The number of halogens is 1. The van der Waals surface area contributed by atoms with E-state index in [4.69, 9.17) is 16.0 Å². The number of nitrogens with one attached hydrogen (secondary N) is 1. The van der Waals surface area contributed by atoms with Gasteiger partial charge in [-0.05, 0) is 37.1 Å². The predicted octanol–water partition coefficient (Wildman–Crippen LogP) is 5.45. The van der Waals surface area contributed by atoms with Crippen molar-refractivity contribution in [1.82, 2.24) is 9.29 Å². The van der Waals surface area contributed by atoms with E-state index in [0.29, 0.717) is 33.8 Å². The van der Waals surface area contributed by atoms with Gasteiger partial charge in [0.1, 0.15) is 21.5 Å². The number of thiazole rings is 1. The van der Waals surface area contributed by atoms with Gasteiger partial charge in [-0.25, -0.2) is 13.4 Å². The molecule has 1 amide bonds. The highest BCUT2D eigenvalue weighted by atomic mass is 35.5. The molecule has 1 fully saturated rings. The summed E-state index contributed by atoms with van der Waals surface area (Å²) >= 11 is 8.19. The van der Waals surface area contributed by atoms with Crippen molar-refractivity contribution in [2.45, 2.75) is 29.5 Å². The molecule has 1 atom stereocenters. The third-order valence-electron chi connectivity index (χ3n) is 5.28. The van der Waals surface area contributed by atoms with E-state index in [2.05, 4.69) is 10.3 Å². The number of carbonyl (C=O) groups is 1. The molecule has 32 heavy (non-hydrogen) atoms. The van der Waals surface area contributed by atoms with Crippen molar-refractivity contribution in [2.75, 3.05) is 11.9 Å². The molecule has 4 heterocycles. The van der Waals surface area contributed by atoms with Crippen LogP contribution in [0.4, 0.5) is 5.13 Å². The van der Waals surface area contributed by atoms with E-state index < -0.39 is 16.1 Å². The maximum atomic E-state index is 13.1. The van der Waals surface area contributed by atoms with Crippen LogP contribution in [0.1, 0.15) is 19.3 Å². The SMILES string of the molecule is O=C(Nc1nc(-c2cc3ccccc3o2)cs1)C1CCCCN1S(=O)(=O)c1ccc(Cl)s1. The molecule has 1 unspecified atom stereocenters. The zero-order valence-electron chi connectivity index (χ0n) is 16.7. The van der Waals surface area contributed by atoms with Crippen molar-refractivity contribution in [3.63, 3.8) is 0 Å². The third-order valence-corrected chi connectivity index (χ3v) is 9.64. The van der Waals surface area contributed by atoms with Gasteiger partial charge in [-0.3, -0.25) is 4.79 Å². The molecule has 166 valence electrons. The van der Waals surface area contributed by atoms with Crippen LogP contribution in [-0.4, -0.2) is 36.2 Å². The highest BCUT2D eigenvalue weighted by molar-refractivity contribution is 7.91. The van der Waals surface area contributed by atoms with Crippen molar-refractivity contribution in [1.29, 1.82) is 0 Å². The molecule has 0 bridgehead atoms. The molecule has 1 N–H and O–H groups in total. The monoisotopic (exact) mass is 507 g/mol. The lowest BCUT2D eigenvalue weighted by Gasteiger charge is -2.32. The zero-order valence-corrected chi connectivity index (χ0v) is 19.9. The summed E-state index contributed by atoms with van der Waals surface area (Å²) in [4.78, 5) is 17.5. The second-order valence-corrected chi connectivity index (χ2v) is 12.1. The predicted molar refractivity (Wildman–Crippen MR) is 127 cm³/mol. The first-order valence-corrected chi connectivity index (χ1v) is 13.5. The van der Waals surface area contributed by atoms with Gasteiger partial charge in [-0.1, -0.05) is 36.2 Å². The molecule has 0 spiro atoms. The Hall–Kier alpha value is -2.24. The second-order valence-electron chi connectivity index (χ2n) is 7.36. The van der Waals surface area contributed by atoms with E-state index in [0.717, 1.165) is 28.7 Å². The number of carbonyl (C=O) groups excluding carboxylic acids is 1. The summed E-state index contributed by atoms with van der Waals surface area (Å²) < 4.78 is 33.9. The lowest BCUT2D eigenvalue weighted by atomic mass is 10.0. The number of nitrogens with zero attached hydrogens (tertiary/aromatic N) is 2. The minimum absolute atomic E-state index is 0.142. The van der Waals surface area contributed by atoms with E-state index in [1.54, 1.807) is 11.4 Å². The van der Waals surface area contributed by atoms with E-state index in [1.807, 2.05) is 30.3 Å². The molecule has 1 aliphatic heterocycles. The van der Waals surface area contributed by atoms with Gasteiger partial charge < -0.3 is 9.73 Å². The number of amides is 1. The van der Waals surface area contributed by atoms with Crippen LogP contribution < -0.4 is 5.32 Å². The van der Waals surface area contributed by atoms with Crippen LogP contribution in [-0.2, 0) is 14.8 Å². The quantitative estimate of drug-likeness (QED) is 0.387. The maximum Gasteiger partial charge on any atom is 0.253 e. The van der Waals surface area contributed by atoms with Gasteiger partial charge in [0, 0.05) is 17.3 Å². The van der Waals surface area contributed by atoms with Crippen LogP contribution in [0.2, 0.25) is 4.34 Å². The van der Waals surface area contributed by atoms with Crippen LogP contribution in [0.5, 0.6) is 0 Å². The molecular formula is C21H18ClN3O4S3. The number of anilines is 1. The Balaban J connectivity index is 1.35. The fourth-order valence-corrected chi connectivity index (χ4v) is 7.72. The van der Waals surface area contributed by atoms with E-state index in [-0.39, 0.29) is 16.7 Å². The van der Waals surface area contributed by atoms with Gasteiger partial charge in [0.25, 0.3) is 10.0 Å². The molecule has 3 aromatic heterocycles. The van der Waals surface area contributed by atoms with Gasteiger partial charge in [0.15, 0.2) is 10.9 Å². The molecule has 0 radical (unpaired) electrons. The smallest absolute Gasteiger partial charge is 0.253 e. The summed E-state index contributed by atoms with van der Waals surface area (Å²) in [5.74, 6) is 0.223. The minimum Gasteiger partial charge on any atom is -0.454 e. The van der Waals surface area contributed by atoms with Gasteiger partial charge in [-0.15, -0.1) is 22.7 Å². The molecule has 11 heteroatoms. The number of fused-ring (bicyclic) bond motifs is 1. The Morgan fingerprint density at radius 1 is 1.22 bits per heavy atom. The maximum absolute atomic E-state index is 13.1. The number of thiophene rings is 1. The number of rotatable bonds is 5. The van der Waals surface area contributed by atoms with Crippen molar-refractivity contribution >= 4 is 66.3 Å². The van der Waals surface area contributed by atoms with Crippen LogP contribution in [0.25, 0.3) is 22.4 Å². The Morgan fingerprint density at radius 3 is 2.84 bits per heavy atom. The lowest BCUT2D eigenvalue weighted by Crippen LogP contribution is -2.49. The molecule has 1 aromatic carbocycles. The number of para-hydroxylation sites is 1. The van der Waals surface area contributed by atoms with Gasteiger partial charge in [0.2, 0.25) is 5.91 Å². The summed E-state index contributed by atoms with van der Waals surface area (Å²) in [5, 5.41) is 5.96. The number of hydrogen-bond donors (Lipinski definition) is 1. The standard InChI is InChI=1S/C21H18ClN3O4S3/c22-18-8-9-19(31-18)32(27,28)25-10-4-3-6-15(25)20(26)24-21-23-14(12-30-21)17-11-13-5-1-2-7-16(13)29-17/h1-2,5,7-9,11-12,15H,3-4,6,10H2,(H,23,24,26). The number of furan rings is 1. The van der Waals surface area contributed by atoms with Gasteiger partial charge in [-0.2, -0.15) is 4.31 Å². The summed E-state index contributed by atoms with van der Waals surface area (Å²) in [5.41, 5.74) is 1.38. The normalized spacial score (nSPS) is 17.6. The zero-order chi connectivity index (χ0) is 22.3.